The molecule has 1 unspecified atom stereocenters. The monoisotopic (exact) mass is 277 g/mol. The molecular formula is C15H20NO2P. The molecule has 0 spiro atoms. The first-order valence-corrected chi connectivity index (χ1v) is 8.13. The van der Waals surface area contributed by atoms with E-state index in [1.807, 2.05) is 64.7 Å². The second kappa shape index (κ2) is 4.42. The molecule has 0 aliphatic carbocycles. The SMILES string of the molecule is CP(c1ccccc1)N1C(=O)C(C)(C)C(C)(C)C1=O. The number of rotatable bonds is 2. The molecule has 2 rings (SSSR count). The third-order valence-corrected chi connectivity index (χ3v) is 6.46. The van der Waals surface area contributed by atoms with Crippen LogP contribution in [0.3, 0.4) is 0 Å². The van der Waals surface area contributed by atoms with Gasteiger partial charge in [0.05, 0.1) is 10.8 Å². The van der Waals surface area contributed by atoms with Crippen molar-refractivity contribution in [2.75, 3.05) is 6.66 Å². The van der Waals surface area contributed by atoms with Crippen LogP contribution < -0.4 is 5.30 Å². The summed E-state index contributed by atoms with van der Waals surface area (Å²) in [6.45, 7) is 9.42. The van der Waals surface area contributed by atoms with Gasteiger partial charge in [0.25, 0.3) is 0 Å². The van der Waals surface area contributed by atoms with Crippen molar-refractivity contribution in [1.82, 2.24) is 4.67 Å². The number of hydrogen-bond acceptors (Lipinski definition) is 2. The van der Waals surface area contributed by atoms with Gasteiger partial charge in [0, 0.05) is 8.07 Å². The maximum absolute atomic E-state index is 12.6. The van der Waals surface area contributed by atoms with E-state index in [-0.39, 0.29) is 11.8 Å². The van der Waals surface area contributed by atoms with Gasteiger partial charge in [-0.2, -0.15) is 0 Å². The van der Waals surface area contributed by atoms with Crippen LogP contribution >= 0.6 is 8.07 Å². The van der Waals surface area contributed by atoms with Gasteiger partial charge in [-0.1, -0.05) is 30.3 Å². The van der Waals surface area contributed by atoms with Crippen LogP contribution in [0.2, 0.25) is 0 Å². The smallest absolute Gasteiger partial charge is 0.239 e. The Balaban J connectivity index is 2.42. The topological polar surface area (TPSA) is 37.4 Å². The van der Waals surface area contributed by atoms with Gasteiger partial charge in [0.1, 0.15) is 0 Å². The van der Waals surface area contributed by atoms with Crippen LogP contribution in [0.1, 0.15) is 27.7 Å². The standard InChI is InChI=1S/C15H20NO2P/c1-14(2)12(17)16(13(18)15(14,3)4)19(5)11-9-7-6-8-10-11/h6-10H,1-5H3. The van der Waals surface area contributed by atoms with E-state index in [1.54, 1.807) is 0 Å². The highest BCUT2D eigenvalue weighted by atomic mass is 31.1. The van der Waals surface area contributed by atoms with Crippen LogP contribution in [-0.4, -0.2) is 23.1 Å². The number of hydrogen-bond donors (Lipinski definition) is 0. The summed E-state index contributed by atoms with van der Waals surface area (Å²) in [6, 6.07) is 9.77. The van der Waals surface area contributed by atoms with Crippen molar-refractivity contribution in [1.29, 1.82) is 0 Å². The van der Waals surface area contributed by atoms with Crippen LogP contribution in [0.5, 0.6) is 0 Å². The molecule has 1 heterocycles. The van der Waals surface area contributed by atoms with Gasteiger partial charge in [-0.05, 0) is 39.7 Å². The maximum atomic E-state index is 12.6. The normalized spacial score (nSPS) is 22.7. The van der Waals surface area contributed by atoms with Crippen molar-refractivity contribution in [3.05, 3.63) is 30.3 Å². The molecule has 3 nitrogen and oxygen atoms in total. The molecular weight excluding hydrogens is 257 g/mol. The minimum Gasteiger partial charge on any atom is -0.273 e. The van der Waals surface area contributed by atoms with Gasteiger partial charge < -0.3 is 0 Å². The molecule has 19 heavy (non-hydrogen) atoms. The maximum Gasteiger partial charge on any atom is 0.239 e. The molecule has 1 aliphatic heterocycles. The zero-order chi connectivity index (χ0) is 14.4. The van der Waals surface area contributed by atoms with Gasteiger partial charge >= 0.3 is 0 Å². The van der Waals surface area contributed by atoms with E-state index in [9.17, 15) is 9.59 Å². The molecule has 0 bridgehead atoms. The van der Waals surface area contributed by atoms with Crippen molar-refractivity contribution in [2.45, 2.75) is 27.7 Å². The highest BCUT2D eigenvalue weighted by Gasteiger charge is 2.60. The number of benzene rings is 1. The second-order valence-electron chi connectivity index (χ2n) is 6.03. The van der Waals surface area contributed by atoms with Crippen LogP contribution in [0.25, 0.3) is 0 Å². The summed E-state index contributed by atoms with van der Waals surface area (Å²) in [5, 5.41) is 1.05. The summed E-state index contributed by atoms with van der Waals surface area (Å²) in [5.74, 6) is -0.111. The highest BCUT2D eigenvalue weighted by molar-refractivity contribution is 7.64. The van der Waals surface area contributed by atoms with E-state index in [0.29, 0.717) is 0 Å². The van der Waals surface area contributed by atoms with Crippen LogP contribution in [0.4, 0.5) is 0 Å². The molecule has 0 radical (unpaired) electrons. The third kappa shape index (κ3) is 1.92. The molecule has 2 amide bonds. The third-order valence-electron chi connectivity index (χ3n) is 4.45. The van der Waals surface area contributed by atoms with E-state index in [2.05, 4.69) is 0 Å². The predicted molar refractivity (Wildman–Crippen MR) is 78.3 cm³/mol. The van der Waals surface area contributed by atoms with E-state index >= 15 is 0 Å². The highest BCUT2D eigenvalue weighted by Crippen LogP contribution is 2.54. The predicted octanol–water partition coefficient (Wildman–Crippen LogP) is 2.76. The van der Waals surface area contributed by atoms with E-state index in [1.165, 1.54) is 4.67 Å². The number of carbonyl (C=O) groups excluding carboxylic acids is 2. The fourth-order valence-corrected chi connectivity index (χ4v) is 4.07. The Hall–Kier alpha value is -1.21. The molecule has 1 fully saturated rings. The van der Waals surface area contributed by atoms with E-state index in [4.69, 9.17) is 0 Å². The average Bonchev–Trinajstić information content (AvgIpc) is 2.49. The Morgan fingerprint density at radius 3 is 1.74 bits per heavy atom. The zero-order valence-corrected chi connectivity index (χ0v) is 13.0. The summed E-state index contributed by atoms with van der Waals surface area (Å²) in [4.78, 5) is 25.2. The summed E-state index contributed by atoms with van der Waals surface area (Å²) in [6.07, 6.45) is 0. The number of amides is 2. The molecule has 0 N–H and O–H groups in total. The van der Waals surface area contributed by atoms with Crippen molar-refractivity contribution < 1.29 is 9.59 Å². The molecule has 1 atom stereocenters. The lowest BCUT2D eigenvalue weighted by atomic mass is 9.70. The van der Waals surface area contributed by atoms with Gasteiger partial charge in [-0.3, -0.25) is 14.3 Å². The van der Waals surface area contributed by atoms with Crippen molar-refractivity contribution >= 4 is 25.2 Å². The van der Waals surface area contributed by atoms with Crippen LogP contribution in [0.15, 0.2) is 30.3 Å². The fourth-order valence-electron chi connectivity index (χ4n) is 2.19. The lowest BCUT2D eigenvalue weighted by Gasteiger charge is -2.28. The number of imide groups is 1. The number of nitrogens with zero attached hydrogens (tertiary/aromatic N) is 1. The molecule has 1 aliphatic rings. The van der Waals surface area contributed by atoms with E-state index in [0.717, 1.165) is 5.30 Å². The number of carbonyl (C=O) groups is 2. The van der Waals surface area contributed by atoms with Crippen LogP contribution in [-0.2, 0) is 9.59 Å². The minimum absolute atomic E-state index is 0.0556. The Labute approximate surface area is 115 Å². The molecule has 0 saturated carbocycles. The first-order valence-electron chi connectivity index (χ1n) is 6.39. The molecule has 1 aromatic carbocycles. The Bertz CT molecular complexity index is 496. The summed E-state index contributed by atoms with van der Waals surface area (Å²) < 4.78 is 1.49. The summed E-state index contributed by atoms with van der Waals surface area (Å²) in [5.41, 5.74) is -1.29. The van der Waals surface area contributed by atoms with Gasteiger partial charge in [-0.15, -0.1) is 0 Å². The largest absolute Gasteiger partial charge is 0.273 e. The first kappa shape index (κ1) is 14.2. The quantitative estimate of drug-likeness (QED) is 0.615. The van der Waals surface area contributed by atoms with Crippen molar-refractivity contribution in [2.24, 2.45) is 10.8 Å². The average molecular weight is 277 g/mol. The summed E-state index contributed by atoms with van der Waals surface area (Å²) >= 11 is 0. The zero-order valence-electron chi connectivity index (χ0n) is 12.1. The van der Waals surface area contributed by atoms with E-state index < -0.39 is 18.9 Å². The van der Waals surface area contributed by atoms with Crippen molar-refractivity contribution in [3.8, 4) is 0 Å². The van der Waals surface area contributed by atoms with Gasteiger partial charge in [0.2, 0.25) is 11.8 Å². The van der Waals surface area contributed by atoms with Gasteiger partial charge in [-0.25, -0.2) is 0 Å². The Kier molecular flexibility index (Phi) is 3.30. The minimum atomic E-state index is -0.938. The van der Waals surface area contributed by atoms with Crippen molar-refractivity contribution in [3.63, 3.8) is 0 Å². The molecule has 4 heteroatoms. The van der Waals surface area contributed by atoms with Gasteiger partial charge in [0.15, 0.2) is 0 Å². The lowest BCUT2D eigenvalue weighted by Crippen LogP contribution is -2.35. The Morgan fingerprint density at radius 1 is 0.895 bits per heavy atom. The first-order chi connectivity index (χ1) is 8.71. The molecule has 102 valence electrons. The van der Waals surface area contributed by atoms with Crippen LogP contribution in [0, 0.1) is 10.8 Å². The summed E-state index contributed by atoms with van der Waals surface area (Å²) in [7, 11) is -0.938. The molecule has 0 aromatic heterocycles. The Morgan fingerprint density at radius 2 is 1.32 bits per heavy atom. The fraction of sp³-hybridized carbons (Fsp3) is 0.467. The lowest BCUT2D eigenvalue weighted by molar-refractivity contribution is -0.135. The second-order valence-corrected chi connectivity index (χ2v) is 7.99. The molecule has 1 saturated heterocycles. The molecule has 1 aromatic rings.